The summed E-state index contributed by atoms with van der Waals surface area (Å²) in [5, 5.41) is 9.65. The molecule has 6 nitrogen and oxygen atoms in total. The van der Waals surface area contributed by atoms with E-state index in [2.05, 4.69) is 13.8 Å². The highest BCUT2D eigenvalue weighted by atomic mass is 16.4. The van der Waals surface area contributed by atoms with E-state index < -0.39 is 23.7 Å². The SMILES string of the molecule is Cc1cc(CCC(C)C)oc(=O)c1C(=O)N1C[C@@H](N)[C@H](O)C1. The predicted molar refractivity (Wildman–Crippen MR) is 82.8 cm³/mol. The number of aliphatic hydroxyl groups excluding tert-OH is 1. The second-order valence-corrected chi connectivity index (χ2v) is 6.43. The molecule has 1 amide bonds. The average molecular weight is 308 g/mol. The Morgan fingerprint density at radius 2 is 2.18 bits per heavy atom. The molecular weight excluding hydrogens is 284 g/mol. The Balaban J connectivity index is 2.21. The number of carbonyl (C=O) groups is 1. The molecule has 0 bridgehead atoms. The number of hydrogen-bond acceptors (Lipinski definition) is 5. The summed E-state index contributed by atoms with van der Waals surface area (Å²) in [4.78, 5) is 26.0. The first-order valence-corrected chi connectivity index (χ1v) is 7.66. The van der Waals surface area contributed by atoms with Gasteiger partial charge in [-0.2, -0.15) is 0 Å². The van der Waals surface area contributed by atoms with Crippen molar-refractivity contribution < 1.29 is 14.3 Å². The fraction of sp³-hybridized carbons (Fsp3) is 0.625. The molecule has 1 fully saturated rings. The number of aryl methyl sites for hydroxylation is 2. The summed E-state index contributed by atoms with van der Waals surface area (Å²) < 4.78 is 5.28. The molecule has 1 aromatic rings. The van der Waals surface area contributed by atoms with E-state index in [0.29, 0.717) is 23.7 Å². The van der Waals surface area contributed by atoms with Crippen LogP contribution in [0.5, 0.6) is 0 Å². The molecule has 0 radical (unpaired) electrons. The molecule has 2 heterocycles. The third kappa shape index (κ3) is 3.56. The predicted octanol–water partition coefficient (Wildman–Crippen LogP) is 0.681. The van der Waals surface area contributed by atoms with Crippen LogP contribution in [0.2, 0.25) is 0 Å². The molecule has 0 aromatic carbocycles. The van der Waals surface area contributed by atoms with Crippen molar-refractivity contribution in [3.05, 3.63) is 33.4 Å². The Morgan fingerprint density at radius 3 is 2.68 bits per heavy atom. The summed E-state index contributed by atoms with van der Waals surface area (Å²) in [5.74, 6) is 0.694. The number of rotatable bonds is 4. The van der Waals surface area contributed by atoms with Gasteiger partial charge in [0, 0.05) is 25.6 Å². The molecule has 0 aliphatic carbocycles. The molecule has 122 valence electrons. The fourth-order valence-corrected chi connectivity index (χ4v) is 2.62. The summed E-state index contributed by atoms with van der Waals surface area (Å²) >= 11 is 0. The van der Waals surface area contributed by atoms with Crippen molar-refractivity contribution in [3.8, 4) is 0 Å². The second kappa shape index (κ2) is 6.62. The van der Waals surface area contributed by atoms with Gasteiger partial charge in [-0.25, -0.2) is 4.79 Å². The molecule has 1 aliphatic rings. The lowest BCUT2D eigenvalue weighted by atomic mass is 10.0. The van der Waals surface area contributed by atoms with Gasteiger partial charge >= 0.3 is 5.63 Å². The van der Waals surface area contributed by atoms with Gasteiger partial charge in [0.1, 0.15) is 11.3 Å². The van der Waals surface area contributed by atoms with Crippen LogP contribution in [-0.4, -0.2) is 41.1 Å². The quantitative estimate of drug-likeness (QED) is 0.852. The Hall–Kier alpha value is -1.66. The molecule has 1 aliphatic heterocycles. The first kappa shape index (κ1) is 16.7. The summed E-state index contributed by atoms with van der Waals surface area (Å²) in [6.07, 6.45) is 0.847. The highest BCUT2D eigenvalue weighted by Crippen LogP contribution is 2.16. The van der Waals surface area contributed by atoms with Crippen molar-refractivity contribution in [3.63, 3.8) is 0 Å². The normalized spacial score (nSPS) is 21.6. The van der Waals surface area contributed by atoms with E-state index in [9.17, 15) is 14.7 Å². The largest absolute Gasteiger partial charge is 0.427 e. The number of likely N-dealkylation sites (tertiary alicyclic amines) is 1. The van der Waals surface area contributed by atoms with Crippen molar-refractivity contribution in [2.75, 3.05) is 13.1 Å². The first-order chi connectivity index (χ1) is 10.3. The van der Waals surface area contributed by atoms with Crippen LogP contribution < -0.4 is 11.4 Å². The van der Waals surface area contributed by atoms with E-state index in [1.807, 2.05) is 0 Å². The lowest BCUT2D eigenvalue weighted by Crippen LogP contribution is -2.35. The molecule has 0 unspecified atom stereocenters. The second-order valence-electron chi connectivity index (χ2n) is 6.43. The van der Waals surface area contributed by atoms with Gasteiger partial charge in [-0.1, -0.05) is 13.8 Å². The zero-order valence-corrected chi connectivity index (χ0v) is 13.3. The number of hydrogen-bond donors (Lipinski definition) is 2. The van der Waals surface area contributed by atoms with E-state index >= 15 is 0 Å². The molecular formula is C16H24N2O4. The first-order valence-electron chi connectivity index (χ1n) is 7.66. The molecule has 0 spiro atoms. The lowest BCUT2D eigenvalue weighted by molar-refractivity contribution is 0.0759. The zero-order chi connectivity index (χ0) is 16.4. The van der Waals surface area contributed by atoms with Gasteiger partial charge in [0.15, 0.2) is 0 Å². The highest BCUT2D eigenvalue weighted by Gasteiger charge is 2.33. The monoisotopic (exact) mass is 308 g/mol. The van der Waals surface area contributed by atoms with Crippen molar-refractivity contribution in [2.45, 2.75) is 45.8 Å². The van der Waals surface area contributed by atoms with E-state index in [1.54, 1.807) is 13.0 Å². The third-order valence-electron chi connectivity index (χ3n) is 4.00. The van der Waals surface area contributed by atoms with Crippen LogP contribution in [0, 0.1) is 12.8 Å². The minimum absolute atomic E-state index is 0.0367. The van der Waals surface area contributed by atoms with E-state index in [-0.39, 0.29) is 18.7 Å². The fourth-order valence-electron chi connectivity index (χ4n) is 2.62. The number of aliphatic hydroxyl groups is 1. The van der Waals surface area contributed by atoms with Gasteiger partial charge in [-0.05, 0) is 30.9 Å². The Morgan fingerprint density at radius 1 is 1.50 bits per heavy atom. The van der Waals surface area contributed by atoms with Crippen molar-refractivity contribution >= 4 is 5.91 Å². The van der Waals surface area contributed by atoms with Gasteiger partial charge < -0.3 is 20.2 Å². The van der Waals surface area contributed by atoms with Crippen LogP contribution in [0.1, 0.15) is 41.9 Å². The van der Waals surface area contributed by atoms with Crippen LogP contribution in [0.3, 0.4) is 0 Å². The van der Waals surface area contributed by atoms with E-state index in [1.165, 1.54) is 4.90 Å². The number of amides is 1. The summed E-state index contributed by atoms with van der Waals surface area (Å²) in [5.41, 5.74) is 5.74. The van der Waals surface area contributed by atoms with Gasteiger partial charge in [0.2, 0.25) is 0 Å². The van der Waals surface area contributed by atoms with Gasteiger partial charge in [0.05, 0.1) is 6.10 Å². The van der Waals surface area contributed by atoms with E-state index in [0.717, 1.165) is 6.42 Å². The maximum absolute atomic E-state index is 12.5. The standard InChI is InChI=1S/C16H24N2O4/c1-9(2)4-5-11-6-10(3)14(16(21)22-11)15(20)18-7-12(17)13(19)8-18/h6,9,12-13,19H,4-5,7-8,17H2,1-3H3/t12-,13-/m1/s1. The van der Waals surface area contributed by atoms with Crippen LogP contribution in [0.4, 0.5) is 0 Å². The number of nitrogens with zero attached hydrogens (tertiary/aromatic N) is 1. The number of nitrogens with two attached hydrogens (primary N) is 1. The van der Waals surface area contributed by atoms with Crippen LogP contribution in [-0.2, 0) is 6.42 Å². The number of carbonyl (C=O) groups excluding carboxylic acids is 1. The van der Waals surface area contributed by atoms with Gasteiger partial charge in [0.25, 0.3) is 5.91 Å². The Kier molecular flexibility index (Phi) is 5.03. The van der Waals surface area contributed by atoms with Crippen LogP contribution in [0.15, 0.2) is 15.3 Å². The molecule has 1 aromatic heterocycles. The Labute approximate surface area is 129 Å². The molecule has 2 rings (SSSR count). The smallest absolute Gasteiger partial charge is 0.349 e. The maximum atomic E-state index is 12.5. The van der Waals surface area contributed by atoms with Crippen LogP contribution in [0.25, 0.3) is 0 Å². The minimum Gasteiger partial charge on any atom is -0.427 e. The van der Waals surface area contributed by atoms with Crippen LogP contribution >= 0.6 is 0 Å². The van der Waals surface area contributed by atoms with Crippen molar-refractivity contribution in [1.29, 1.82) is 0 Å². The number of β-amino-alcohol motifs (C(OH)–C–C–N with tert-alkyl or cyclic N) is 1. The molecule has 1 saturated heterocycles. The summed E-state index contributed by atoms with van der Waals surface area (Å²) in [6, 6.07) is 1.28. The van der Waals surface area contributed by atoms with Gasteiger partial charge in [-0.15, -0.1) is 0 Å². The molecule has 2 atom stereocenters. The van der Waals surface area contributed by atoms with E-state index in [4.69, 9.17) is 10.2 Å². The van der Waals surface area contributed by atoms with Crippen molar-refractivity contribution in [1.82, 2.24) is 4.90 Å². The topological polar surface area (TPSA) is 96.8 Å². The maximum Gasteiger partial charge on any atom is 0.349 e. The molecule has 3 N–H and O–H groups in total. The average Bonchev–Trinajstić information content (AvgIpc) is 2.75. The highest BCUT2D eigenvalue weighted by molar-refractivity contribution is 5.95. The molecule has 6 heteroatoms. The van der Waals surface area contributed by atoms with Crippen molar-refractivity contribution in [2.24, 2.45) is 11.7 Å². The lowest BCUT2D eigenvalue weighted by Gasteiger charge is -2.16. The summed E-state index contributed by atoms with van der Waals surface area (Å²) in [7, 11) is 0. The molecule has 0 saturated carbocycles. The Bertz CT molecular complexity index is 599. The summed E-state index contributed by atoms with van der Waals surface area (Å²) in [6.45, 7) is 6.33. The molecule has 22 heavy (non-hydrogen) atoms. The zero-order valence-electron chi connectivity index (χ0n) is 13.3. The minimum atomic E-state index is -0.749. The van der Waals surface area contributed by atoms with Gasteiger partial charge in [-0.3, -0.25) is 4.79 Å². The third-order valence-corrected chi connectivity index (χ3v) is 4.00.